The largest absolute Gasteiger partial charge is 0.395 e. The molecule has 1 heterocycles. The molecule has 136 valence electrons. The molecule has 6 nitrogen and oxygen atoms in total. The summed E-state index contributed by atoms with van der Waals surface area (Å²) in [5.41, 5.74) is 1.83. The Morgan fingerprint density at radius 3 is 2.42 bits per heavy atom. The Morgan fingerprint density at radius 1 is 1.12 bits per heavy atom. The Morgan fingerprint density at radius 2 is 1.77 bits per heavy atom. The van der Waals surface area contributed by atoms with Crippen LogP contribution in [0.15, 0.2) is 60.7 Å². The zero-order chi connectivity index (χ0) is 18.4. The number of aliphatic hydroxyl groups is 1. The first-order valence-corrected chi connectivity index (χ1v) is 8.73. The highest BCUT2D eigenvalue weighted by Gasteiger charge is 2.32. The molecule has 1 saturated heterocycles. The predicted octanol–water partition coefficient (Wildman–Crippen LogP) is 2.00. The summed E-state index contributed by atoms with van der Waals surface area (Å²) in [6.45, 7) is 0.993. The monoisotopic (exact) mass is 353 g/mol. The van der Waals surface area contributed by atoms with Crippen LogP contribution in [-0.4, -0.2) is 47.7 Å². The average Bonchev–Trinajstić information content (AvgIpc) is 3.03. The molecule has 26 heavy (non-hydrogen) atoms. The molecule has 3 rings (SSSR count). The number of carbonyl (C=O) groups is 2. The summed E-state index contributed by atoms with van der Waals surface area (Å²) >= 11 is 0. The van der Waals surface area contributed by atoms with Gasteiger partial charge in [0, 0.05) is 31.7 Å². The number of nitrogens with zero attached hydrogens (tertiary/aromatic N) is 2. The SMILES string of the molecule is O=C(NC1CC(=O)N(c2ccccc2)C1)N(CCO)Cc1ccccc1. The molecule has 1 fully saturated rings. The van der Waals surface area contributed by atoms with Gasteiger partial charge < -0.3 is 20.2 Å². The van der Waals surface area contributed by atoms with Crippen LogP contribution in [0.3, 0.4) is 0 Å². The average molecular weight is 353 g/mol. The van der Waals surface area contributed by atoms with Gasteiger partial charge in [0.2, 0.25) is 5.91 Å². The van der Waals surface area contributed by atoms with Crippen molar-refractivity contribution >= 4 is 17.6 Å². The molecule has 0 aromatic heterocycles. The van der Waals surface area contributed by atoms with Crippen molar-refractivity contribution in [3.63, 3.8) is 0 Å². The van der Waals surface area contributed by atoms with E-state index in [4.69, 9.17) is 0 Å². The van der Waals surface area contributed by atoms with Gasteiger partial charge >= 0.3 is 6.03 Å². The first-order valence-electron chi connectivity index (χ1n) is 8.73. The Hall–Kier alpha value is -2.86. The first kappa shape index (κ1) is 17.9. The van der Waals surface area contributed by atoms with Gasteiger partial charge in [-0.05, 0) is 17.7 Å². The van der Waals surface area contributed by atoms with Crippen LogP contribution in [0, 0.1) is 0 Å². The number of hydrogen-bond acceptors (Lipinski definition) is 3. The standard InChI is InChI=1S/C20H23N3O3/c24-12-11-22(14-16-7-3-1-4-8-16)20(26)21-17-13-19(25)23(15-17)18-9-5-2-6-10-18/h1-10,17,24H,11-15H2,(H,21,26). The molecule has 0 aliphatic carbocycles. The normalized spacial score (nSPS) is 16.6. The minimum atomic E-state index is -0.268. The molecule has 0 radical (unpaired) electrons. The molecule has 0 spiro atoms. The Kier molecular flexibility index (Phi) is 5.86. The minimum Gasteiger partial charge on any atom is -0.395 e. The molecule has 3 amide bonds. The molecule has 2 N–H and O–H groups in total. The van der Waals surface area contributed by atoms with Gasteiger partial charge in [0.25, 0.3) is 0 Å². The number of rotatable bonds is 6. The van der Waals surface area contributed by atoms with Gasteiger partial charge in [0.15, 0.2) is 0 Å². The Balaban J connectivity index is 1.61. The van der Waals surface area contributed by atoms with Crippen LogP contribution in [0.2, 0.25) is 0 Å². The van der Waals surface area contributed by atoms with Crippen molar-refractivity contribution in [2.24, 2.45) is 0 Å². The van der Waals surface area contributed by atoms with Crippen molar-refractivity contribution in [3.05, 3.63) is 66.2 Å². The molecule has 0 bridgehead atoms. The number of carbonyl (C=O) groups excluding carboxylic acids is 2. The van der Waals surface area contributed by atoms with E-state index in [1.807, 2.05) is 60.7 Å². The number of aliphatic hydroxyl groups excluding tert-OH is 1. The number of nitrogens with one attached hydrogen (secondary N) is 1. The zero-order valence-corrected chi connectivity index (χ0v) is 14.5. The topological polar surface area (TPSA) is 72.9 Å². The second-order valence-electron chi connectivity index (χ2n) is 6.32. The lowest BCUT2D eigenvalue weighted by Gasteiger charge is -2.24. The number of anilines is 1. The molecule has 1 aliphatic heterocycles. The Labute approximate surface area is 153 Å². The maximum atomic E-state index is 12.6. The summed E-state index contributed by atoms with van der Waals surface area (Å²) < 4.78 is 0. The van der Waals surface area contributed by atoms with Gasteiger partial charge in [-0.25, -0.2) is 4.79 Å². The molecule has 2 aromatic carbocycles. The van der Waals surface area contributed by atoms with E-state index in [1.165, 1.54) is 0 Å². The highest BCUT2D eigenvalue weighted by atomic mass is 16.3. The molecule has 2 aromatic rings. The van der Waals surface area contributed by atoms with Crippen LogP contribution >= 0.6 is 0 Å². The van der Waals surface area contributed by atoms with E-state index >= 15 is 0 Å². The van der Waals surface area contributed by atoms with Gasteiger partial charge in [-0.15, -0.1) is 0 Å². The summed E-state index contributed by atoms with van der Waals surface area (Å²) in [4.78, 5) is 28.1. The minimum absolute atomic E-state index is 0.00160. The van der Waals surface area contributed by atoms with E-state index in [-0.39, 0.29) is 37.6 Å². The van der Waals surface area contributed by atoms with Gasteiger partial charge in [-0.3, -0.25) is 4.79 Å². The Bertz CT molecular complexity index is 736. The van der Waals surface area contributed by atoms with Crippen LogP contribution in [0.25, 0.3) is 0 Å². The van der Waals surface area contributed by atoms with Crippen molar-refractivity contribution in [2.75, 3.05) is 24.6 Å². The molecule has 1 aliphatic rings. The number of para-hydroxylation sites is 1. The summed E-state index contributed by atoms with van der Waals surface area (Å²) in [5, 5.41) is 12.2. The maximum absolute atomic E-state index is 12.6. The molecular formula is C20H23N3O3. The van der Waals surface area contributed by atoms with E-state index in [0.29, 0.717) is 13.1 Å². The molecular weight excluding hydrogens is 330 g/mol. The predicted molar refractivity (Wildman–Crippen MR) is 99.7 cm³/mol. The van der Waals surface area contributed by atoms with E-state index in [2.05, 4.69) is 5.32 Å². The van der Waals surface area contributed by atoms with E-state index in [0.717, 1.165) is 11.3 Å². The summed E-state index contributed by atoms with van der Waals surface area (Å²) in [5.74, 6) is -0.00160. The maximum Gasteiger partial charge on any atom is 0.318 e. The zero-order valence-electron chi connectivity index (χ0n) is 14.5. The third kappa shape index (κ3) is 4.40. The van der Waals surface area contributed by atoms with Crippen molar-refractivity contribution in [1.29, 1.82) is 0 Å². The second kappa shape index (κ2) is 8.49. The van der Waals surface area contributed by atoms with Crippen molar-refractivity contribution in [3.8, 4) is 0 Å². The molecule has 6 heteroatoms. The molecule has 1 unspecified atom stereocenters. The van der Waals surface area contributed by atoms with E-state index in [9.17, 15) is 14.7 Å². The van der Waals surface area contributed by atoms with Crippen molar-refractivity contribution in [2.45, 2.75) is 19.0 Å². The van der Waals surface area contributed by atoms with Crippen LogP contribution in [0.4, 0.5) is 10.5 Å². The lowest BCUT2D eigenvalue weighted by molar-refractivity contribution is -0.117. The highest BCUT2D eigenvalue weighted by molar-refractivity contribution is 5.96. The van der Waals surface area contributed by atoms with Gasteiger partial charge in [-0.2, -0.15) is 0 Å². The second-order valence-corrected chi connectivity index (χ2v) is 6.32. The molecule has 1 atom stereocenters. The van der Waals surface area contributed by atoms with Crippen molar-refractivity contribution in [1.82, 2.24) is 10.2 Å². The van der Waals surface area contributed by atoms with Crippen LogP contribution < -0.4 is 10.2 Å². The first-order chi connectivity index (χ1) is 12.7. The van der Waals surface area contributed by atoms with E-state index < -0.39 is 0 Å². The fourth-order valence-corrected chi connectivity index (χ4v) is 3.10. The highest BCUT2D eigenvalue weighted by Crippen LogP contribution is 2.21. The third-order valence-electron chi connectivity index (χ3n) is 4.39. The van der Waals surface area contributed by atoms with Crippen LogP contribution in [0.5, 0.6) is 0 Å². The number of benzene rings is 2. The summed E-state index contributed by atoms with van der Waals surface area (Å²) in [7, 11) is 0. The number of hydrogen-bond donors (Lipinski definition) is 2. The summed E-state index contributed by atoms with van der Waals surface area (Å²) in [6, 6.07) is 18.6. The van der Waals surface area contributed by atoms with Gasteiger partial charge in [-0.1, -0.05) is 48.5 Å². The lowest BCUT2D eigenvalue weighted by Crippen LogP contribution is -2.46. The smallest absolute Gasteiger partial charge is 0.318 e. The fourth-order valence-electron chi connectivity index (χ4n) is 3.10. The van der Waals surface area contributed by atoms with Gasteiger partial charge in [0.1, 0.15) is 0 Å². The quantitative estimate of drug-likeness (QED) is 0.834. The summed E-state index contributed by atoms with van der Waals surface area (Å²) in [6.07, 6.45) is 0.277. The number of urea groups is 1. The number of amides is 3. The van der Waals surface area contributed by atoms with E-state index in [1.54, 1.807) is 9.80 Å². The lowest BCUT2D eigenvalue weighted by atomic mass is 10.2. The van der Waals surface area contributed by atoms with Gasteiger partial charge in [0.05, 0.1) is 12.6 Å². The fraction of sp³-hybridized carbons (Fsp3) is 0.300. The van der Waals surface area contributed by atoms with Crippen LogP contribution in [0.1, 0.15) is 12.0 Å². The third-order valence-corrected chi connectivity index (χ3v) is 4.39. The van der Waals surface area contributed by atoms with Crippen molar-refractivity contribution < 1.29 is 14.7 Å². The van der Waals surface area contributed by atoms with Crippen LogP contribution in [-0.2, 0) is 11.3 Å². The molecule has 0 saturated carbocycles.